The number of nitrogens with zero attached hydrogens (tertiary/aromatic N) is 1. The molecule has 10 unspecified atom stereocenters. The molecule has 3 heteroatoms. The minimum atomic E-state index is 0.580. The van der Waals surface area contributed by atoms with E-state index in [9.17, 15) is 0 Å². The average Bonchev–Trinajstić information content (AvgIpc) is 3.01. The maximum absolute atomic E-state index is 4.01. The van der Waals surface area contributed by atoms with Crippen molar-refractivity contribution in [2.24, 2.45) is 41.4 Å². The molecular formula is C26H53N3. The highest BCUT2D eigenvalue weighted by Gasteiger charge is 2.49. The Morgan fingerprint density at radius 2 is 1.48 bits per heavy atom. The van der Waals surface area contributed by atoms with E-state index < -0.39 is 0 Å². The molecule has 0 bridgehead atoms. The van der Waals surface area contributed by atoms with Crippen molar-refractivity contribution in [3.8, 4) is 0 Å². The average molecular weight is 408 g/mol. The Bertz CT molecular complexity index is 477. The van der Waals surface area contributed by atoms with Gasteiger partial charge in [-0.3, -0.25) is 10.6 Å². The van der Waals surface area contributed by atoms with Crippen LogP contribution in [-0.4, -0.2) is 43.3 Å². The molecule has 172 valence electrons. The van der Waals surface area contributed by atoms with Crippen LogP contribution in [0.5, 0.6) is 0 Å². The van der Waals surface area contributed by atoms with E-state index in [0.29, 0.717) is 18.2 Å². The molecule has 2 N–H and O–H groups in total. The Morgan fingerprint density at radius 3 is 1.93 bits per heavy atom. The SMILES string of the molecule is CCC(C)C(C1CC2C(C)NC2N1)C(CC(C)C(C)CC(CC)N(C)C)C(C)C. The molecule has 2 aliphatic heterocycles. The maximum atomic E-state index is 4.01. The van der Waals surface area contributed by atoms with E-state index in [-0.39, 0.29) is 0 Å². The van der Waals surface area contributed by atoms with E-state index in [1.807, 2.05) is 0 Å². The zero-order valence-corrected chi connectivity index (χ0v) is 21.3. The van der Waals surface area contributed by atoms with Gasteiger partial charge in [-0.2, -0.15) is 0 Å². The molecule has 0 radical (unpaired) electrons. The normalized spacial score (nSPS) is 33.1. The second-order valence-electron chi connectivity index (χ2n) is 11.4. The van der Waals surface area contributed by atoms with Gasteiger partial charge in [0.2, 0.25) is 0 Å². The van der Waals surface area contributed by atoms with E-state index in [2.05, 4.69) is 85.0 Å². The summed E-state index contributed by atoms with van der Waals surface area (Å²) in [5.74, 6) is 5.58. The van der Waals surface area contributed by atoms with Crippen molar-refractivity contribution >= 4 is 0 Å². The maximum Gasteiger partial charge on any atom is 0.0620 e. The van der Waals surface area contributed by atoms with Crippen LogP contribution in [0.4, 0.5) is 0 Å². The smallest absolute Gasteiger partial charge is 0.0620 e. The summed E-state index contributed by atoms with van der Waals surface area (Å²) in [5, 5.41) is 7.71. The summed E-state index contributed by atoms with van der Waals surface area (Å²) < 4.78 is 0. The number of rotatable bonds is 12. The quantitative estimate of drug-likeness (QED) is 0.440. The molecule has 29 heavy (non-hydrogen) atoms. The molecule has 2 fully saturated rings. The summed E-state index contributed by atoms with van der Waals surface area (Å²) >= 11 is 0. The van der Waals surface area contributed by atoms with Gasteiger partial charge in [0.1, 0.15) is 0 Å². The second kappa shape index (κ2) is 11.0. The van der Waals surface area contributed by atoms with Crippen LogP contribution in [0, 0.1) is 41.4 Å². The molecule has 2 heterocycles. The lowest BCUT2D eigenvalue weighted by atomic mass is 9.66. The third kappa shape index (κ3) is 5.98. The van der Waals surface area contributed by atoms with Crippen molar-refractivity contribution in [2.45, 2.75) is 112 Å². The predicted octanol–water partition coefficient (Wildman–Crippen LogP) is 5.61. The Kier molecular flexibility index (Phi) is 9.50. The van der Waals surface area contributed by atoms with Gasteiger partial charge in [0, 0.05) is 24.0 Å². The molecule has 3 nitrogen and oxygen atoms in total. The first-order chi connectivity index (χ1) is 13.6. The molecule has 10 atom stereocenters. The molecular weight excluding hydrogens is 354 g/mol. The summed E-state index contributed by atoms with van der Waals surface area (Å²) in [6, 6.07) is 2.11. The standard InChI is InChI=1S/C26H53N3/c1-11-17(5)25(24-15-23-20(8)27-26(23)28-24)22(16(3)4)14-19(7)18(6)13-21(12-2)29(9)10/h16-28H,11-15H2,1-10H3. The van der Waals surface area contributed by atoms with Crippen molar-refractivity contribution in [1.82, 2.24) is 15.5 Å². The molecule has 2 aliphatic rings. The van der Waals surface area contributed by atoms with Gasteiger partial charge in [-0.25, -0.2) is 0 Å². The lowest BCUT2D eigenvalue weighted by Crippen LogP contribution is -2.62. The minimum Gasteiger partial charge on any atom is -0.306 e. The van der Waals surface area contributed by atoms with Gasteiger partial charge in [0.25, 0.3) is 0 Å². The van der Waals surface area contributed by atoms with Crippen LogP contribution in [-0.2, 0) is 0 Å². The highest BCUT2D eigenvalue weighted by Crippen LogP contribution is 2.43. The van der Waals surface area contributed by atoms with Crippen LogP contribution in [0.25, 0.3) is 0 Å². The van der Waals surface area contributed by atoms with Crippen molar-refractivity contribution < 1.29 is 0 Å². The Balaban J connectivity index is 2.09. The van der Waals surface area contributed by atoms with Crippen LogP contribution in [0.3, 0.4) is 0 Å². The first-order valence-corrected chi connectivity index (χ1v) is 12.8. The van der Waals surface area contributed by atoms with Crippen LogP contribution in [0.1, 0.15) is 87.5 Å². The first kappa shape index (κ1) is 25.1. The highest BCUT2D eigenvalue weighted by atomic mass is 15.3. The van der Waals surface area contributed by atoms with E-state index >= 15 is 0 Å². The third-order valence-corrected chi connectivity index (χ3v) is 9.01. The van der Waals surface area contributed by atoms with Gasteiger partial charge in [-0.15, -0.1) is 0 Å². The molecule has 0 aromatic heterocycles. The van der Waals surface area contributed by atoms with Crippen LogP contribution < -0.4 is 10.6 Å². The lowest BCUT2D eigenvalue weighted by Gasteiger charge is -2.41. The van der Waals surface area contributed by atoms with Gasteiger partial charge in [-0.1, -0.05) is 54.9 Å². The summed E-state index contributed by atoms with van der Waals surface area (Å²) in [4.78, 5) is 2.43. The molecule has 0 aromatic rings. The van der Waals surface area contributed by atoms with Gasteiger partial charge in [-0.05, 0) is 82.2 Å². The fourth-order valence-electron chi connectivity index (χ4n) is 6.40. The van der Waals surface area contributed by atoms with Crippen LogP contribution >= 0.6 is 0 Å². The van der Waals surface area contributed by atoms with Crippen LogP contribution in [0.2, 0.25) is 0 Å². The minimum absolute atomic E-state index is 0.580. The number of fused-ring (bicyclic) bond motifs is 1. The van der Waals surface area contributed by atoms with E-state index in [1.54, 1.807) is 0 Å². The fraction of sp³-hybridized carbons (Fsp3) is 1.00. The largest absolute Gasteiger partial charge is 0.306 e. The summed E-state index contributed by atoms with van der Waals surface area (Å²) in [5.41, 5.74) is 0. The Hall–Kier alpha value is -0.120. The van der Waals surface area contributed by atoms with Gasteiger partial charge in [0.15, 0.2) is 0 Å². The van der Waals surface area contributed by atoms with Gasteiger partial charge in [0.05, 0.1) is 6.17 Å². The molecule has 0 saturated carbocycles. The topological polar surface area (TPSA) is 27.3 Å². The summed E-state index contributed by atoms with van der Waals surface area (Å²) in [6.45, 7) is 19.6. The molecule has 0 amide bonds. The van der Waals surface area contributed by atoms with Crippen molar-refractivity contribution in [1.29, 1.82) is 0 Å². The Morgan fingerprint density at radius 1 is 0.862 bits per heavy atom. The molecule has 2 saturated heterocycles. The summed E-state index contributed by atoms with van der Waals surface area (Å²) in [6.07, 6.45) is 7.22. The zero-order chi connectivity index (χ0) is 21.9. The van der Waals surface area contributed by atoms with E-state index in [4.69, 9.17) is 0 Å². The number of nitrogens with one attached hydrogen (secondary N) is 2. The second-order valence-corrected chi connectivity index (χ2v) is 11.4. The van der Waals surface area contributed by atoms with Crippen molar-refractivity contribution in [2.75, 3.05) is 14.1 Å². The van der Waals surface area contributed by atoms with Gasteiger partial charge >= 0.3 is 0 Å². The highest BCUT2D eigenvalue weighted by molar-refractivity contribution is 5.05. The molecule has 0 aromatic carbocycles. The van der Waals surface area contributed by atoms with Crippen molar-refractivity contribution in [3.63, 3.8) is 0 Å². The lowest BCUT2D eigenvalue weighted by molar-refractivity contribution is 0.101. The Labute approximate surface area is 183 Å². The predicted molar refractivity (Wildman–Crippen MR) is 128 cm³/mol. The molecule has 2 rings (SSSR count). The number of hydrogen-bond donors (Lipinski definition) is 2. The van der Waals surface area contributed by atoms with E-state index in [0.717, 1.165) is 47.5 Å². The zero-order valence-electron chi connectivity index (χ0n) is 21.3. The van der Waals surface area contributed by atoms with E-state index in [1.165, 1.54) is 32.1 Å². The molecule has 0 aliphatic carbocycles. The van der Waals surface area contributed by atoms with Crippen molar-refractivity contribution in [3.05, 3.63) is 0 Å². The van der Waals surface area contributed by atoms with Crippen LogP contribution in [0.15, 0.2) is 0 Å². The summed E-state index contributed by atoms with van der Waals surface area (Å²) in [7, 11) is 4.49. The number of hydrogen-bond acceptors (Lipinski definition) is 3. The fourth-order valence-corrected chi connectivity index (χ4v) is 6.40. The monoisotopic (exact) mass is 407 g/mol. The third-order valence-electron chi connectivity index (χ3n) is 9.01. The van der Waals surface area contributed by atoms with Gasteiger partial charge < -0.3 is 4.90 Å². The first-order valence-electron chi connectivity index (χ1n) is 12.8. The molecule has 0 spiro atoms.